The van der Waals surface area contributed by atoms with Gasteiger partial charge in [-0.15, -0.1) is 0 Å². The summed E-state index contributed by atoms with van der Waals surface area (Å²) in [6.45, 7) is 3.15. The molecule has 1 rings (SSSR count). The topological polar surface area (TPSA) is 63.6 Å². The van der Waals surface area contributed by atoms with Crippen molar-refractivity contribution in [1.29, 1.82) is 0 Å². The summed E-state index contributed by atoms with van der Waals surface area (Å²) in [4.78, 5) is 11.3. The second kappa shape index (κ2) is 7.19. The van der Waals surface area contributed by atoms with Crippen molar-refractivity contribution in [2.45, 2.75) is 18.2 Å². The summed E-state index contributed by atoms with van der Waals surface area (Å²) in [6.07, 6.45) is 0.944. The zero-order chi connectivity index (χ0) is 12.7. The maximum atomic E-state index is 11.8. The van der Waals surface area contributed by atoms with Gasteiger partial charge in [-0.1, -0.05) is 6.92 Å². The summed E-state index contributed by atoms with van der Waals surface area (Å²) in [5, 5.41) is 8.72. The van der Waals surface area contributed by atoms with Crippen molar-refractivity contribution in [2.75, 3.05) is 19.0 Å². The van der Waals surface area contributed by atoms with Gasteiger partial charge in [0.2, 0.25) is 0 Å². The van der Waals surface area contributed by atoms with E-state index in [1.54, 1.807) is 12.1 Å². The van der Waals surface area contributed by atoms with Crippen molar-refractivity contribution in [3.63, 3.8) is 0 Å². The van der Waals surface area contributed by atoms with Gasteiger partial charge < -0.3 is 9.84 Å². The molecule has 0 amide bonds. The van der Waals surface area contributed by atoms with Crippen LogP contribution in [0.2, 0.25) is 0 Å². The monoisotopic (exact) mass is 256 g/mol. The molecule has 1 unspecified atom stereocenters. The molecule has 0 saturated carbocycles. The van der Waals surface area contributed by atoms with Crippen molar-refractivity contribution >= 4 is 16.8 Å². The van der Waals surface area contributed by atoms with Gasteiger partial charge in [0, 0.05) is 11.5 Å². The number of ether oxygens (including phenoxy) is 1. The third-order valence-corrected chi connectivity index (χ3v) is 3.46. The molecule has 0 aromatic heterocycles. The Morgan fingerprint density at radius 3 is 2.47 bits per heavy atom. The molecule has 94 valence electrons. The highest BCUT2D eigenvalue weighted by molar-refractivity contribution is 7.85. The van der Waals surface area contributed by atoms with E-state index in [0.29, 0.717) is 23.9 Å². The zero-order valence-corrected chi connectivity index (χ0v) is 10.5. The number of carboxylic acid groups (broad SMARTS) is 1. The van der Waals surface area contributed by atoms with Gasteiger partial charge in [0.15, 0.2) is 0 Å². The first-order valence-electron chi connectivity index (χ1n) is 5.44. The Morgan fingerprint density at radius 1 is 1.29 bits per heavy atom. The van der Waals surface area contributed by atoms with E-state index in [4.69, 9.17) is 9.84 Å². The first-order valence-corrected chi connectivity index (χ1v) is 6.76. The van der Waals surface area contributed by atoms with Crippen molar-refractivity contribution in [2.24, 2.45) is 0 Å². The second-order valence-electron chi connectivity index (χ2n) is 3.49. The molecule has 0 aliphatic heterocycles. The third kappa shape index (κ3) is 4.66. The van der Waals surface area contributed by atoms with E-state index in [2.05, 4.69) is 0 Å². The Morgan fingerprint density at radius 2 is 1.94 bits per heavy atom. The van der Waals surface area contributed by atoms with Gasteiger partial charge in [0.1, 0.15) is 0 Å². The predicted molar refractivity (Wildman–Crippen MR) is 65.8 cm³/mol. The Labute approximate surface area is 103 Å². The summed E-state index contributed by atoms with van der Waals surface area (Å²) in [5.41, 5.74) is 0.202. The molecule has 0 saturated heterocycles. The molecule has 5 heteroatoms. The van der Waals surface area contributed by atoms with Gasteiger partial charge in [-0.05, 0) is 30.7 Å². The minimum absolute atomic E-state index is 0.202. The van der Waals surface area contributed by atoms with Crippen LogP contribution in [-0.4, -0.2) is 34.3 Å². The number of carbonyl (C=O) groups is 1. The SMILES string of the molecule is CCCOCCS(=O)c1ccc(C(=O)O)cc1. The van der Waals surface area contributed by atoms with Crippen LogP contribution in [-0.2, 0) is 15.5 Å². The number of benzene rings is 1. The number of rotatable bonds is 7. The molecule has 17 heavy (non-hydrogen) atoms. The molecule has 0 heterocycles. The molecule has 1 aromatic rings. The molecule has 0 spiro atoms. The molecule has 4 nitrogen and oxygen atoms in total. The molecular weight excluding hydrogens is 240 g/mol. The van der Waals surface area contributed by atoms with Crippen LogP contribution in [0.4, 0.5) is 0 Å². The molecule has 0 aliphatic rings. The van der Waals surface area contributed by atoms with Gasteiger partial charge in [0.05, 0.1) is 28.7 Å². The molecule has 0 bridgehead atoms. The Bertz CT molecular complexity index is 386. The quantitative estimate of drug-likeness (QED) is 0.757. The molecular formula is C12H16O4S. The van der Waals surface area contributed by atoms with Gasteiger partial charge >= 0.3 is 5.97 Å². The Kier molecular flexibility index (Phi) is 5.86. The maximum absolute atomic E-state index is 11.8. The summed E-state index contributed by atoms with van der Waals surface area (Å²) < 4.78 is 17.0. The lowest BCUT2D eigenvalue weighted by Gasteiger charge is -2.03. The highest BCUT2D eigenvalue weighted by Gasteiger charge is 2.06. The molecule has 0 aliphatic carbocycles. The van der Waals surface area contributed by atoms with E-state index in [0.717, 1.165) is 6.42 Å². The van der Waals surface area contributed by atoms with E-state index in [-0.39, 0.29) is 5.56 Å². The lowest BCUT2D eigenvalue weighted by atomic mass is 10.2. The van der Waals surface area contributed by atoms with Crippen LogP contribution in [0.5, 0.6) is 0 Å². The van der Waals surface area contributed by atoms with Gasteiger partial charge in [-0.25, -0.2) is 4.79 Å². The minimum atomic E-state index is -1.13. The highest BCUT2D eigenvalue weighted by atomic mass is 32.2. The molecule has 1 N–H and O–H groups in total. The summed E-state index contributed by atoms with van der Waals surface area (Å²) >= 11 is 0. The number of carboxylic acids is 1. The first-order chi connectivity index (χ1) is 8.15. The van der Waals surface area contributed by atoms with E-state index in [1.165, 1.54) is 12.1 Å². The summed E-state index contributed by atoms with van der Waals surface area (Å²) in [6, 6.07) is 6.09. The number of hydrogen-bond acceptors (Lipinski definition) is 3. The highest BCUT2D eigenvalue weighted by Crippen LogP contribution is 2.09. The molecule has 1 atom stereocenters. The zero-order valence-electron chi connectivity index (χ0n) is 9.72. The van der Waals surface area contributed by atoms with Crippen molar-refractivity contribution < 1.29 is 18.8 Å². The van der Waals surface area contributed by atoms with E-state index in [1.807, 2.05) is 6.92 Å². The van der Waals surface area contributed by atoms with Crippen LogP contribution in [0, 0.1) is 0 Å². The minimum Gasteiger partial charge on any atom is -0.478 e. The van der Waals surface area contributed by atoms with Crippen LogP contribution < -0.4 is 0 Å². The Hall–Kier alpha value is -1.20. The van der Waals surface area contributed by atoms with Crippen LogP contribution >= 0.6 is 0 Å². The van der Waals surface area contributed by atoms with Gasteiger partial charge in [-0.2, -0.15) is 0 Å². The standard InChI is InChI=1S/C12H16O4S/c1-2-7-16-8-9-17(15)11-5-3-10(4-6-11)12(13)14/h3-6H,2,7-9H2,1H3,(H,13,14). The fraction of sp³-hybridized carbons (Fsp3) is 0.417. The van der Waals surface area contributed by atoms with E-state index < -0.39 is 16.8 Å². The van der Waals surface area contributed by atoms with Gasteiger partial charge in [-0.3, -0.25) is 4.21 Å². The van der Waals surface area contributed by atoms with Crippen LogP contribution in [0.25, 0.3) is 0 Å². The Balaban J connectivity index is 2.49. The number of hydrogen-bond donors (Lipinski definition) is 1. The first kappa shape index (κ1) is 13.9. The molecule has 1 aromatic carbocycles. The van der Waals surface area contributed by atoms with E-state index in [9.17, 15) is 9.00 Å². The average molecular weight is 256 g/mol. The van der Waals surface area contributed by atoms with Crippen LogP contribution in [0.1, 0.15) is 23.7 Å². The number of aromatic carboxylic acids is 1. The van der Waals surface area contributed by atoms with E-state index >= 15 is 0 Å². The lowest BCUT2D eigenvalue weighted by molar-refractivity contribution is 0.0697. The van der Waals surface area contributed by atoms with Crippen LogP contribution in [0.3, 0.4) is 0 Å². The normalized spacial score (nSPS) is 12.3. The smallest absolute Gasteiger partial charge is 0.335 e. The maximum Gasteiger partial charge on any atom is 0.335 e. The summed E-state index contributed by atoms with van der Waals surface area (Å²) in [5.74, 6) is -0.541. The molecule has 0 fully saturated rings. The van der Waals surface area contributed by atoms with Crippen molar-refractivity contribution in [3.8, 4) is 0 Å². The average Bonchev–Trinajstić information content (AvgIpc) is 2.34. The van der Waals surface area contributed by atoms with Gasteiger partial charge in [0.25, 0.3) is 0 Å². The lowest BCUT2D eigenvalue weighted by Crippen LogP contribution is -2.07. The van der Waals surface area contributed by atoms with Crippen molar-refractivity contribution in [3.05, 3.63) is 29.8 Å². The summed E-state index contributed by atoms with van der Waals surface area (Å²) in [7, 11) is -1.13. The third-order valence-electron chi connectivity index (χ3n) is 2.13. The van der Waals surface area contributed by atoms with Crippen molar-refractivity contribution in [1.82, 2.24) is 0 Å². The van der Waals surface area contributed by atoms with Crippen LogP contribution in [0.15, 0.2) is 29.2 Å². The second-order valence-corrected chi connectivity index (χ2v) is 5.06. The molecule has 0 radical (unpaired) electrons. The fourth-order valence-corrected chi connectivity index (χ4v) is 2.19. The fourth-order valence-electron chi connectivity index (χ4n) is 1.25. The predicted octanol–water partition coefficient (Wildman–Crippen LogP) is 1.92. The largest absolute Gasteiger partial charge is 0.478 e.